The highest BCUT2D eigenvalue weighted by Crippen LogP contribution is 2.49. The number of benzene rings is 1. The first-order chi connectivity index (χ1) is 8.54. The van der Waals surface area contributed by atoms with Gasteiger partial charge in [-0.3, -0.25) is 4.79 Å². The van der Waals surface area contributed by atoms with Gasteiger partial charge in [-0.2, -0.15) is 12.6 Å². The normalized spacial score (nSPS) is 18.2. The summed E-state index contributed by atoms with van der Waals surface area (Å²) in [6.07, 6.45) is 2.69. The molecule has 2 rings (SSSR count). The summed E-state index contributed by atoms with van der Waals surface area (Å²) >= 11 is 4.28. The molecule has 2 nitrogen and oxygen atoms in total. The van der Waals surface area contributed by atoms with Crippen LogP contribution in [0, 0.1) is 11.2 Å². The van der Waals surface area contributed by atoms with Gasteiger partial charge in [-0.25, -0.2) is 4.39 Å². The monoisotopic (exact) mass is 267 g/mol. The van der Waals surface area contributed by atoms with E-state index in [0.29, 0.717) is 6.42 Å². The van der Waals surface area contributed by atoms with Gasteiger partial charge in [0.05, 0.1) is 6.04 Å². The minimum Gasteiger partial charge on any atom is -0.350 e. The highest BCUT2D eigenvalue weighted by Gasteiger charge is 2.42. The first-order valence-electron chi connectivity index (χ1n) is 6.20. The highest BCUT2D eigenvalue weighted by molar-refractivity contribution is 7.80. The number of thiol groups is 1. The van der Waals surface area contributed by atoms with E-state index < -0.39 is 0 Å². The van der Waals surface area contributed by atoms with E-state index in [4.69, 9.17) is 0 Å². The molecule has 1 saturated carbocycles. The zero-order valence-corrected chi connectivity index (χ0v) is 11.3. The Balaban J connectivity index is 1.91. The second-order valence-electron chi connectivity index (χ2n) is 5.18. The highest BCUT2D eigenvalue weighted by atomic mass is 32.1. The molecule has 0 bridgehead atoms. The van der Waals surface area contributed by atoms with Crippen LogP contribution in [-0.2, 0) is 4.79 Å². The molecule has 0 aliphatic heterocycles. The number of rotatable bonds is 5. The summed E-state index contributed by atoms with van der Waals surface area (Å²) in [7, 11) is 0. The average Bonchev–Trinajstić information content (AvgIpc) is 3.09. The minimum absolute atomic E-state index is 0.0262. The summed E-state index contributed by atoms with van der Waals surface area (Å²) in [5, 5.41) is 2.91. The van der Waals surface area contributed by atoms with Crippen LogP contribution in [0.4, 0.5) is 4.39 Å². The Bertz CT molecular complexity index is 445. The third kappa shape index (κ3) is 3.25. The lowest BCUT2D eigenvalue weighted by Crippen LogP contribution is -2.29. The second-order valence-corrected chi connectivity index (χ2v) is 5.50. The summed E-state index contributed by atoms with van der Waals surface area (Å²) in [5.74, 6) is 0.510. The zero-order chi connectivity index (χ0) is 13.2. The third-order valence-electron chi connectivity index (χ3n) is 3.55. The minimum atomic E-state index is -0.275. The fourth-order valence-electron chi connectivity index (χ4n) is 2.06. The van der Waals surface area contributed by atoms with Gasteiger partial charge in [-0.05, 0) is 48.6 Å². The van der Waals surface area contributed by atoms with Crippen molar-refractivity contribution < 1.29 is 9.18 Å². The quantitative estimate of drug-likeness (QED) is 0.789. The first kappa shape index (κ1) is 13.4. The Kier molecular flexibility index (Phi) is 3.95. The summed E-state index contributed by atoms with van der Waals surface area (Å²) in [5.41, 5.74) is 0.911. The number of hydrogen-bond acceptors (Lipinski definition) is 2. The molecule has 1 aromatic carbocycles. The zero-order valence-electron chi connectivity index (χ0n) is 10.4. The number of hydrogen-bond donors (Lipinski definition) is 2. The summed E-state index contributed by atoms with van der Waals surface area (Å²) < 4.78 is 13.1. The van der Waals surface area contributed by atoms with Crippen molar-refractivity contribution in [1.82, 2.24) is 5.32 Å². The van der Waals surface area contributed by atoms with E-state index in [2.05, 4.69) is 17.9 Å². The number of carbonyl (C=O) groups is 1. The second kappa shape index (κ2) is 5.31. The van der Waals surface area contributed by atoms with Crippen LogP contribution >= 0.6 is 12.6 Å². The third-order valence-corrected chi connectivity index (χ3v) is 4.23. The van der Waals surface area contributed by atoms with Crippen molar-refractivity contribution in [3.63, 3.8) is 0 Å². The van der Waals surface area contributed by atoms with Crippen LogP contribution < -0.4 is 5.32 Å². The molecule has 1 aliphatic rings. The molecule has 0 radical (unpaired) electrons. The fraction of sp³-hybridized carbons (Fsp3) is 0.500. The van der Waals surface area contributed by atoms with E-state index >= 15 is 0 Å². The molecule has 0 heterocycles. The van der Waals surface area contributed by atoms with Crippen LogP contribution in [0.5, 0.6) is 0 Å². The topological polar surface area (TPSA) is 29.1 Å². The first-order valence-corrected chi connectivity index (χ1v) is 6.84. The predicted molar refractivity (Wildman–Crippen MR) is 73.1 cm³/mol. The van der Waals surface area contributed by atoms with E-state index in [1.807, 2.05) is 13.0 Å². The van der Waals surface area contributed by atoms with E-state index in [0.717, 1.165) is 24.2 Å². The van der Waals surface area contributed by atoms with E-state index in [9.17, 15) is 9.18 Å². The Morgan fingerprint density at radius 2 is 2.28 bits per heavy atom. The van der Waals surface area contributed by atoms with Crippen molar-refractivity contribution >= 4 is 18.5 Å². The standard InChI is InChI=1S/C14H18FNOS/c1-10(11-3-2-4-12(15)7-11)16-13(17)8-14(9-18)5-6-14/h2-4,7,10,18H,5-6,8-9H2,1H3,(H,16,17). The predicted octanol–water partition coefficient (Wildman–Crippen LogP) is 3.10. The maximum absolute atomic E-state index is 13.1. The van der Waals surface area contributed by atoms with Crippen molar-refractivity contribution in [3.8, 4) is 0 Å². The molecule has 1 aromatic rings. The van der Waals surface area contributed by atoms with E-state index in [-0.39, 0.29) is 23.2 Å². The maximum atomic E-state index is 13.1. The van der Waals surface area contributed by atoms with Crippen LogP contribution in [0.3, 0.4) is 0 Å². The number of nitrogens with one attached hydrogen (secondary N) is 1. The Hall–Kier alpha value is -1.03. The lowest BCUT2D eigenvalue weighted by molar-refractivity contribution is -0.122. The summed E-state index contributed by atoms with van der Waals surface area (Å²) in [6, 6.07) is 6.17. The van der Waals surface area contributed by atoms with Crippen molar-refractivity contribution in [1.29, 1.82) is 0 Å². The van der Waals surface area contributed by atoms with Gasteiger partial charge in [0.15, 0.2) is 0 Å². The van der Waals surface area contributed by atoms with Crippen LogP contribution in [0.2, 0.25) is 0 Å². The average molecular weight is 267 g/mol. The molecular weight excluding hydrogens is 249 g/mol. The van der Waals surface area contributed by atoms with E-state index in [1.165, 1.54) is 12.1 Å². The molecule has 18 heavy (non-hydrogen) atoms. The Labute approximate surface area is 112 Å². The molecule has 0 aromatic heterocycles. The smallest absolute Gasteiger partial charge is 0.221 e. The molecule has 98 valence electrons. The fourth-order valence-corrected chi connectivity index (χ4v) is 2.49. The van der Waals surface area contributed by atoms with Crippen molar-refractivity contribution in [2.45, 2.75) is 32.2 Å². The maximum Gasteiger partial charge on any atom is 0.221 e. The lowest BCUT2D eigenvalue weighted by Gasteiger charge is -2.17. The molecule has 1 fully saturated rings. The largest absolute Gasteiger partial charge is 0.350 e. The number of carbonyl (C=O) groups excluding carboxylic acids is 1. The van der Waals surface area contributed by atoms with Gasteiger partial charge >= 0.3 is 0 Å². The van der Waals surface area contributed by atoms with Crippen molar-refractivity contribution in [2.75, 3.05) is 5.75 Å². The molecule has 0 saturated heterocycles. The molecule has 1 N–H and O–H groups in total. The molecule has 1 aliphatic carbocycles. The van der Waals surface area contributed by atoms with Gasteiger partial charge in [-0.15, -0.1) is 0 Å². The van der Waals surface area contributed by atoms with Crippen LogP contribution in [0.1, 0.15) is 37.8 Å². The van der Waals surface area contributed by atoms with Crippen molar-refractivity contribution in [2.24, 2.45) is 5.41 Å². The summed E-state index contributed by atoms with van der Waals surface area (Å²) in [4.78, 5) is 11.9. The van der Waals surface area contributed by atoms with Gasteiger partial charge in [0, 0.05) is 6.42 Å². The van der Waals surface area contributed by atoms with Crippen molar-refractivity contribution in [3.05, 3.63) is 35.6 Å². The molecule has 1 unspecified atom stereocenters. The Morgan fingerprint density at radius 3 is 2.83 bits per heavy atom. The molecule has 4 heteroatoms. The summed E-state index contributed by atoms with van der Waals surface area (Å²) in [6.45, 7) is 1.87. The number of amides is 1. The van der Waals surface area contributed by atoms with E-state index in [1.54, 1.807) is 6.07 Å². The van der Waals surface area contributed by atoms with Gasteiger partial charge in [0.2, 0.25) is 5.91 Å². The van der Waals surface area contributed by atoms with Gasteiger partial charge in [0.1, 0.15) is 5.82 Å². The van der Waals surface area contributed by atoms with Gasteiger partial charge in [0.25, 0.3) is 0 Å². The SMILES string of the molecule is CC(NC(=O)CC1(CS)CC1)c1cccc(F)c1. The van der Waals surface area contributed by atoms with Gasteiger partial charge in [-0.1, -0.05) is 12.1 Å². The van der Waals surface area contributed by atoms with Crippen LogP contribution in [0.25, 0.3) is 0 Å². The Morgan fingerprint density at radius 1 is 1.56 bits per heavy atom. The molecule has 0 spiro atoms. The lowest BCUT2D eigenvalue weighted by atomic mass is 10.0. The number of halogens is 1. The van der Waals surface area contributed by atoms with Crippen LogP contribution in [-0.4, -0.2) is 11.7 Å². The van der Waals surface area contributed by atoms with Gasteiger partial charge < -0.3 is 5.32 Å². The van der Waals surface area contributed by atoms with Crippen LogP contribution in [0.15, 0.2) is 24.3 Å². The molecule has 1 amide bonds. The molecule has 1 atom stereocenters. The molecular formula is C14H18FNOS.